The van der Waals surface area contributed by atoms with E-state index in [1.807, 2.05) is 0 Å². The number of thioether (sulfide) groups is 1. The van der Waals surface area contributed by atoms with Crippen LogP contribution in [0.25, 0.3) is 0 Å². The molecule has 0 fully saturated rings. The van der Waals surface area contributed by atoms with Crippen molar-refractivity contribution in [2.75, 3.05) is 19.3 Å². The van der Waals surface area contributed by atoms with Gasteiger partial charge in [0.1, 0.15) is 10.0 Å². The number of guanidine groups is 1. The van der Waals surface area contributed by atoms with Gasteiger partial charge in [0.25, 0.3) is 0 Å². The Hall–Kier alpha value is -1.62. The molecule has 1 aromatic carbocycles. The average molecular weight is 417 g/mol. The van der Waals surface area contributed by atoms with Crippen LogP contribution in [0.15, 0.2) is 50.5 Å². The molecule has 0 atom stereocenters. The summed E-state index contributed by atoms with van der Waals surface area (Å²) in [5, 5.41) is 11.4. The Morgan fingerprint density at radius 2 is 1.96 bits per heavy atom. The van der Waals surface area contributed by atoms with Crippen LogP contribution in [-0.4, -0.2) is 33.7 Å². The van der Waals surface area contributed by atoms with Gasteiger partial charge in [-0.1, -0.05) is 0 Å². The zero-order valence-electron chi connectivity index (χ0n) is 14.2. The SMILES string of the molecule is CN=C(NCCCSc1ccc(F)cc1)NCc1ccc(S(N)(=O)=O)s1. The zero-order valence-corrected chi connectivity index (χ0v) is 16.7. The molecular formula is C16H21FN4O2S3. The van der Waals surface area contributed by atoms with E-state index in [2.05, 4.69) is 15.6 Å². The minimum Gasteiger partial charge on any atom is -0.356 e. The number of hydrogen-bond donors (Lipinski definition) is 3. The smallest absolute Gasteiger partial charge is 0.247 e. The Labute approximate surface area is 161 Å². The predicted molar refractivity (Wildman–Crippen MR) is 106 cm³/mol. The Morgan fingerprint density at radius 3 is 2.58 bits per heavy atom. The number of aliphatic imine (C=N–C) groups is 1. The number of halogens is 1. The standard InChI is InChI=1S/C16H21FN4O2S3/c1-19-16(21-11-14-7-8-15(25-14)26(18,22)23)20-9-2-10-24-13-5-3-12(17)4-6-13/h3-8H,2,9-11H2,1H3,(H2,18,22,23)(H2,19,20,21). The molecule has 2 rings (SSSR count). The zero-order chi connectivity index (χ0) is 19.0. The monoisotopic (exact) mass is 416 g/mol. The number of primary sulfonamides is 1. The van der Waals surface area contributed by atoms with Crippen molar-refractivity contribution in [1.29, 1.82) is 0 Å². The Morgan fingerprint density at radius 1 is 1.23 bits per heavy atom. The lowest BCUT2D eigenvalue weighted by Gasteiger charge is -2.11. The number of rotatable bonds is 8. The molecule has 0 spiro atoms. The van der Waals surface area contributed by atoms with E-state index in [-0.39, 0.29) is 10.0 Å². The molecule has 0 amide bonds. The number of sulfonamides is 1. The molecule has 0 saturated heterocycles. The van der Waals surface area contributed by atoms with Gasteiger partial charge in [0, 0.05) is 23.4 Å². The molecule has 1 aromatic heterocycles. The molecule has 0 saturated carbocycles. The molecule has 0 aliphatic rings. The first-order chi connectivity index (χ1) is 12.4. The van der Waals surface area contributed by atoms with Gasteiger partial charge in [-0.2, -0.15) is 0 Å². The maximum absolute atomic E-state index is 12.8. The lowest BCUT2D eigenvalue weighted by Crippen LogP contribution is -2.37. The normalized spacial score (nSPS) is 12.2. The molecule has 10 heteroatoms. The van der Waals surface area contributed by atoms with Gasteiger partial charge >= 0.3 is 0 Å². The highest BCUT2D eigenvalue weighted by atomic mass is 32.2. The topological polar surface area (TPSA) is 96.6 Å². The van der Waals surface area contributed by atoms with E-state index < -0.39 is 10.0 Å². The van der Waals surface area contributed by atoms with E-state index in [1.165, 1.54) is 18.2 Å². The number of nitrogens with one attached hydrogen (secondary N) is 2. The van der Waals surface area contributed by atoms with Crippen LogP contribution in [0.2, 0.25) is 0 Å². The van der Waals surface area contributed by atoms with Crippen molar-refractivity contribution in [3.8, 4) is 0 Å². The quantitative estimate of drug-likeness (QED) is 0.266. The van der Waals surface area contributed by atoms with E-state index >= 15 is 0 Å². The summed E-state index contributed by atoms with van der Waals surface area (Å²) in [7, 11) is -1.98. The van der Waals surface area contributed by atoms with Crippen LogP contribution < -0.4 is 15.8 Å². The van der Waals surface area contributed by atoms with Gasteiger partial charge in [0.05, 0.1) is 6.54 Å². The molecule has 6 nitrogen and oxygen atoms in total. The number of thiophene rings is 1. The lowest BCUT2D eigenvalue weighted by atomic mass is 10.4. The van der Waals surface area contributed by atoms with Crippen molar-refractivity contribution in [2.24, 2.45) is 10.1 Å². The summed E-state index contributed by atoms with van der Waals surface area (Å²) in [6.45, 7) is 1.20. The first-order valence-corrected chi connectivity index (χ1v) is 11.2. The number of hydrogen-bond acceptors (Lipinski definition) is 5. The summed E-state index contributed by atoms with van der Waals surface area (Å²) in [5.41, 5.74) is 0. The second-order valence-electron chi connectivity index (χ2n) is 5.27. The molecule has 1 heterocycles. The van der Waals surface area contributed by atoms with Crippen LogP contribution in [-0.2, 0) is 16.6 Å². The molecule has 4 N–H and O–H groups in total. The van der Waals surface area contributed by atoms with Gasteiger partial charge in [-0.3, -0.25) is 4.99 Å². The third-order valence-electron chi connectivity index (χ3n) is 3.27. The largest absolute Gasteiger partial charge is 0.356 e. The van der Waals surface area contributed by atoms with E-state index in [9.17, 15) is 12.8 Å². The maximum atomic E-state index is 12.8. The predicted octanol–water partition coefficient (Wildman–Crippen LogP) is 2.38. The molecule has 2 aromatic rings. The summed E-state index contributed by atoms with van der Waals surface area (Å²) in [6, 6.07) is 9.68. The van der Waals surface area contributed by atoms with Crippen molar-refractivity contribution < 1.29 is 12.8 Å². The second kappa shape index (κ2) is 9.91. The van der Waals surface area contributed by atoms with Crippen molar-refractivity contribution in [3.63, 3.8) is 0 Å². The van der Waals surface area contributed by atoms with Crippen molar-refractivity contribution >= 4 is 39.1 Å². The Bertz CT molecular complexity index is 835. The fraction of sp³-hybridized carbons (Fsp3) is 0.312. The van der Waals surface area contributed by atoms with Crippen LogP contribution in [0.4, 0.5) is 4.39 Å². The van der Waals surface area contributed by atoms with Crippen LogP contribution in [0, 0.1) is 5.82 Å². The molecule has 0 radical (unpaired) electrons. The van der Waals surface area contributed by atoms with Gasteiger partial charge < -0.3 is 10.6 Å². The second-order valence-corrected chi connectivity index (χ2v) is 9.40. The fourth-order valence-electron chi connectivity index (χ4n) is 2.00. The highest BCUT2D eigenvalue weighted by Crippen LogP contribution is 2.20. The molecule has 0 aliphatic heterocycles. The number of nitrogens with zero attached hydrogens (tertiary/aromatic N) is 1. The summed E-state index contributed by atoms with van der Waals surface area (Å²) < 4.78 is 35.5. The van der Waals surface area contributed by atoms with Crippen molar-refractivity contribution in [3.05, 3.63) is 47.1 Å². The fourth-order valence-corrected chi connectivity index (χ4v) is 4.57. The lowest BCUT2D eigenvalue weighted by molar-refractivity contribution is 0.600. The third kappa shape index (κ3) is 6.94. The van der Waals surface area contributed by atoms with Crippen LogP contribution >= 0.6 is 23.1 Å². The van der Waals surface area contributed by atoms with Gasteiger partial charge in [0.2, 0.25) is 10.0 Å². The van der Waals surface area contributed by atoms with E-state index in [1.54, 1.807) is 37.0 Å². The van der Waals surface area contributed by atoms with Crippen LogP contribution in [0.3, 0.4) is 0 Å². The Balaban J connectivity index is 1.67. The Kier molecular flexibility index (Phi) is 7.88. The van der Waals surface area contributed by atoms with Crippen molar-refractivity contribution in [1.82, 2.24) is 10.6 Å². The summed E-state index contributed by atoms with van der Waals surface area (Å²) >= 11 is 2.80. The highest BCUT2D eigenvalue weighted by Gasteiger charge is 2.11. The summed E-state index contributed by atoms with van der Waals surface area (Å²) in [5.74, 6) is 1.31. The van der Waals surface area contributed by atoms with E-state index in [0.29, 0.717) is 12.5 Å². The number of nitrogens with two attached hydrogens (primary N) is 1. The molecule has 142 valence electrons. The molecular weight excluding hydrogens is 395 g/mol. The molecule has 26 heavy (non-hydrogen) atoms. The molecule has 0 aliphatic carbocycles. The van der Waals surface area contributed by atoms with Crippen LogP contribution in [0.5, 0.6) is 0 Å². The first-order valence-electron chi connectivity index (χ1n) is 7.83. The van der Waals surface area contributed by atoms with Gasteiger partial charge in [-0.05, 0) is 48.6 Å². The summed E-state index contributed by atoms with van der Waals surface area (Å²) in [4.78, 5) is 6.02. The third-order valence-corrected chi connectivity index (χ3v) is 6.89. The first kappa shape index (κ1) is 20.7. The van der Waals surface area contributed by atoms with Gasteiger partial charge in [-0.25, -0.2) is 17.9 Å². The molecule has 0 unspecified atom stereocenters. The number of benzene rings is 1. The minimum atomic E-state index is -3.65. The highest BCUT2D eigenvalue weighted by molar-refractivity contribution is 7.99. The van der Waals surface area contributed by atoms with Crippen LogP contribution in [0.1, 0.15) is 11.3 Å². The maximum Gasteiger partial charge on any atom is 0.247 e. The minimum absolute atomic E-state index is 0.148. The van der Waals surface area contributed by atoms with Crippen molar-refractivity contribution in [2.45, 2.75) is 22.1 Å². The summed E-state index contributed by atoms with van der Waals surface area (Å²) in [6.07, 6.45) is 0.914. The molecule has 0 bridgehead atoms. The van der Waals surface area contributed by atoms with Gasteiger partial charge in [-0.15, -0.1) is 23.1 Å². The average Bonchev–Trinajstić information content (AvgIpc) is 3.08. The van der Waals surface area contributed by atoms with E-state index in [0.717, 1.165) is 39.8 Å². The van der Waals surface area contributed by atoms with Gasteiger partial charge in [0.15, 0.2) is 5.96 Å². The van der Waals surface area contributed by atoms with E-state index in [4.69, 9.17) is 5.14 Å².